The van der Waals surface area contributed by atoms with Gasteiger partial charge < -0.3 is 14.6 Å². The second kappa shape index (κ2) is 10.2. The molecule has 1 aromatic carbocycles. The highest BCUT2D eigenvalue weighted by Crippen LogP contribution is 2.23. The summed E-state index contributed by atoms with van der Waals surface area (Å²) in [7, 11) is 0. The van der Waals surface area contributed by atoms with Crippen LogP contribution < -0.4 is 5.56 Å². The first-order valence-corrected chi connectivity index (χ1v) is 11.1. The Hall–Kier alpha value is -2.51. The van der Waals surface area contributed by atoms with Gasteiger partial charge in [0, 0.05) is 44.1 Å². The van der Waals surface area contributed by atoms with E-state index in [1.165, 1.54) is 18.3 Å². The summed E-state index contributed by atoms with van der Waals surface area (Å²) < 4.78 is 19.7. The fraction of sp³-hybridized carbons (Fsp3) is 0.500. The van der Waals surface area contributed by atoms with E-state index < -0.39 is 0 Å². The maximum Gasteiger partial charge on any atom is 0.255 e. The van der Waals surface area contributed by atoms with E-state index in [2.05, 4.69) is 9.88 Å². The number of carbonyl (C=O) groups excluding carboxylic acids is 1. The molecule has 0 bridgehead atoms. The number of hydrogen-bond donors (Lipinski definition) is 1. The molecule has 0 spiro atoms. The van der Waals surface area contributed by atoms with Crippen molar-refractivity contribution >= 4 is 5.91 Å². The lowest BCUT2D eigenvalue weighted by atomic mass is 9.95. The molecular formula is C24H30FN3O3. The largest absolute Gasteiger partial charge is 0.376 e. The highest BCUT2D eigenvalue weighted by Gasteiger charge is 2.28. The Bertz CT molecular complexity index is 913. The van der Waals surface area contributed by atoms with Crippen LogP contribution in [-0.2, 0) is 11.3 Å². The standard InChI is InChI=1S/C24H30FN3O3/c25-22-6-2-1-4-20(22)16-27-11-9-18(10-12-27)15-28(17-21-5-3-13-31-21)24(30)19-7-8-23(29)26-14-19/h1-2,4,6-8,14,18,21H,3,5,9-13,15-17H2,(H,26,29). The number of ether oxygens (including phenoxy) is 1. The Balaban J connectivity index is 1.36. The molecule has 166 valence electrons. The topological polar surface area (TPSA) is 65.6 Å². The summed E-state index contributed by atoms with van der Waals surface area (Å²) in [5.74, 6) is 0.171. The SMILES string of the molecule is O=C(c1ccc(=O)[nH]c1)N(CC1CCN(Cc2ccccc2F)CC1)CC1CCCO1. The van der Waals surface area contributed by atoms with E-state index in [-0.39, 0.29) is 23.4 Å². The van der Waals surface area contributed by atoms with Crippen molar-refractivity contribution in [1.82, 2.24) is 14.8 Å². The van der Waals surface area contributed by atoms with Crippen LogP contribution in [0.15, 0.2) is 47.4 Å². The monoisotopic (exact) mass is 427 g/mol. The van der Waals surface area contributed by atoms with Crippen LogP contribution in [-0.4, -0.2) is 59.6 Å². The Kier molecular flexibility index (Phi) is 7.14. The number of halogens is 1. The van der Waals surface area contributed by atoms with Gasteiger partial charge in [0.05, 0.1) is 11.7 Å². The van der Waals surface area contributed by atoms with Crippen molar-refractivity contribution in [2.24, 2.45) is 5.92 Å². The summed E-state index contributed by atoms with van der Waals surface area (Å²) in [6.07, 6.45) is 5.50. The highest BCUT2D eigenvalue weighted by molar-refractivity contribution is 5.93. The molecule has 0 radical (unpaired) electrons. The number of aromatic amines is 1. The third kappa shape index (κ3) is 5.80. The number of aromatic nitrogens is 1. The Morgan fingerprint density at radius 3 is 2.61 bits per heavy atom. The second-order valence-corrected chi connectivity index (χ2v) is 8.60. The van der Waals surface area contributed by atoms with Crippen LogP contribution >= 0.6 is 0 Å². The van der Waals surface area contributed by atoms with Gasteiger partial charge in [-0.25, -0.2) is 4.39 Å². The molecule has 31 heavy (non-hydrogen) atoms. The number of piperidine rings is 1. The minimum Gasteiger partial charge on any atom is -0.376 e. The van der Waals surface area contributed by atoms with Crippen LogP contribution in [0.5, 0.6) is 0 Å². The molecule has 1 N–H and O–H groups in total. The van der Waals surface area contributed by atoms with Crippen molar-refractivity contribution in [2.75, 3.05) is 32.8 Å². The number of likely N-dealkylation sites (tertiary alicyclic amines) is 1. The van der Waals surface area contributed by atoms with Crippen LogP contribution in [0.4, 0.5) is 4.39 Å². The molecular weight excluding hydrogens is 397 g/mol. The first-order valence-electron chi connectivity index (χ1n) is 11.1. The Morgan fingerprint density at radius 1 is 1.13 bits per heavy atom. The summed E-state index contributed by atoms with van der Waals surface area (Å²) >= 11 is 0. The van der Waals surface area contributed by atoms with Crippen LogP contribution in [0.2, 0.25) is 0 Å². The van der Waals surface area contributed by atoms with E-state index in [4.69, 9.17) is 4.74 Å². The molecule has 2 aliphatic heterocycles. The van der Waals surface area contributed by atoms with Gasteiger partial charge in [-0.3, -0.25) is 14.5 Å². The van der Waals surface area contributed by atoms with Crippen LogP contribution in [0.3, 0.4) is 0 Å². The average molecular weight is 428 g/mol. The maximum absolute atomic E-state index is 14.0. The van der Waals surface area contributed by atoms with E-state index in [0.29, 0.717) is 31.1 Å². The number of H-pyrrole nitrogens is 1. The van der Waals surface area contributed by atoms with Crippen LogP contribution in [0, 0.1) is 11.7 Å². The zero-order chi connectivity index (χ0) is 21.6. The van der Waals surface area contributed by atoms with E-state index in [1.807, 2.05) is 17.0 Å². The number of rotatable bonds is 7. The van der Waals surface area contributed by atoms with Gasteiger partial charge in [-0.2, -0.15) is 0 Å². The predicted molar refractivity (Wildman–Crippen MR) is 116 cm³/mol. The van der Waals surface area contributed by atoms with Crippen molar-refractivity contribution in [3.8, 4) is 0 Å². The lowest BCUT2D eigenvalue weighted by Gasteiger charge is -2.35. The Morgan fingerprint density at radius 2 is 1.94 bits per heavy atom. The zero-order valence-electron chi connectivity index (χ0n) is 17.8. The van der Waals surface area contributed by atoms with E-state index in [0.717, 1.165) is 50.9 Å². The smallest absolute Gasteiger partial charge is 0.255 e. The normalized spacial score (nSPS) is 20.1. The fourth-order valence-electron chi connectivity index (χ4n) is 4.51. The summed E-state index contributed by atoms with van der Waals surface area (Å²) in [4.78, 5) is 31.3. The lowest BCUT2D eigenvalue weighted by molar-refractivity contribution is 0.0444. The van der Waals surface area contributed by atoms with E-state index >= 15 is 0 Å². The fourth-order valence-corrected chi connectivity index (χ4v) is 4.51. The molecule has 2 aliphatic rings. The summed E-state index contributed by atoms with van der Waals surface area (Å²) in [6, 6.07) is 9.91. The third-order valence-electron chi connectivity index (χ3n) is 6.30. The Labute approximate surface area is 182 Å². The average Bonchev–Trinajstić information content (AvgIpc) is 3.29. The molecule has 2 fully saturated rings. The molecule has 2 aromatic rings. The van der Waals surface area contributed by atoms with Gasteiger partial charge in [-0.15, -0.1) is 0 Å². The van der Waals surface area contributed by atoms with Crippen LogP contribution in [0.1, 0.15) is 41.6 Å². The van der Waals surface area contributed by atoms with E-state index in [1.54, 1.807) is 12.1 Å². The molecule has 2 saturated heterocycles. The highest BCUT2D eigenvalue weighted by atomic mass is 19.1. The molecule has 0 saturated carbocycles. The first kappa shape index (κ1) is 21.7. The summed E-state index contributed by atoms with van der Waals surface area (Å²) in [5, 5.41) is 0. The number of carbonyl (C=O) groups is 1. The van der Waals surface area contributed by atoms with Crippen molar-refractivity contribution in [3.05, 3.63) is 69.9 Å². The number of benzene rings is 1. The number of nitrogens with one attached hydrogen (secondary N) is 1. The summed E-state index contributed by atoms with van der Waals surface area (Å²) in [6.45, 7) is 4.40. The number of hydrogen-bond acceptors (Lipinski definition) is 4. The van der Waals surface area contributed by atoms with Gasteiger partial charge in [-0.1, -0.05) is 18.2 Å². The quantitative estimate of drug-likeness (QED) is 0.738. The van der Waals surface area contributed by atoms with Gasteiger partial charge in [0.15, 0.2) is 0 Å². The molecule has 6 nitrogen and oxygen atoms in total. The minimum atomic E-state index is -0.218. The van der Waals surface area contributed by atoms with Gasteiger partial charge >= 0.3 is 0 Å². The molecule has 1 amide bonds. The van der Waals surface area contributed by atoms with Gasteiger partial charge in [-0.05, 0) is 56.8 Å². The van der Waals surface area contributed by atoms with Gasteiger partial charge in [0.2, 0.25) is 5.56 Å². The molecule has 4 rings (SSSR count). The lowest BCUT2D eigenvalue weighted by Crippen LogP contribution is -2.43. The molecule has 3 heterocycles. The first-order chi connectivity index (χ1) is 15.1. The van der Waals surface area contributed by atoms with Crippen LogP contribution in [0.25, 0.3) is 0 Å². The van der Waals surface area contributed by atoms with Crippen molar-refractivity contribution in [3.63, 3.8) is 0 Å². The van der Waals surface area contributed by atoms with Crippen molar-refractivity contribution in [1.29, 1.82) is 0 Å². The van der Waals surface area contributed by atoms with E-state index in [9.17, 15) is 14.0 Å². The molecule has 7 heteroatoms. The molecule has 1 aromatic heterocycles. The van der Waals surface area contributed by atoms with Crippen molar-refractivity contribution in [2.45, 2.75) is 38.3 Å². The summed E-state index contributed by atoms with van der Waals surface area (Å²) in [5.41, 5.74) is 1.01. The third-order valence-corrected chi connectivity index (χ3v) is 6.30. The molecule has 1 unspecified atom stereocenters. The maximum atomic E-state index is 14.0. The minimum absolute atomic E-state index is 0.0689. The van der Waals surface area contributed by atoms with Gasteiger partial charge in [0.25, 0.3) is 5.91 Å². The number of nitrogens with zero attached hydrogens (tertiary/aromatic N) is 2. The second-order valence-electron chi connectivity index (χ2n) is 8.60. The van der Waals surface area contributed by atoms with Crippen molar-refractivity contribution < 1.29 is 13.9 Å². The molecule has 0 aliphatic carbocycles. The zero-order valence-corrected chi connectivity index (χ0v) is 17.8. The van der Waals surface area contributed by atoms with Gasteiger partial charge in [0.1, 0.15) is 5.82 Å². The molecule has 1 atom stereocenters. The predicted octanol–water partition coefficient (Wildman–Crippen LogP) is 3.05. The number of pyridine rings is 1. The number of amides is 1.